The number of phenols is 1. The van der Waals surface area contributed by atoms with Crippen molar-refractivity contribution in [2.45, 2.75) is 0 Å². The van der Waals surface area contributed by atoms with Crippen molar-refractivity contribution < 1.29 is 9.90 Å². The summed E-state index contributed by atoms with van der Waals surface area (Å²) in [4.78, 5) is 12.3. The number of nitrogens with two attached hydrogens (primary N) is 1. The van der Waals surface area contributed by atoms with Crippen LogP contribution in [-0.4, -0.2) is 11.0 Å². The second-order valence-electron chi connectivity index (χ2n) is 4.79. The molecule has 4 heteroatoms. The molecule has 0 saturated heterocycles. The third-order valence-electron chi connectivity index (χ3n) is 3.26. The second kappa shape index (κ2) is 5.17. The number of aromatic hydroxyl groups is 1. The van der Waals surface area contributed by atoms with Crippen LogP contribution in [0.5, 0.6) is 5.75 Å². The molecule has 0 aliphatic heterocycles. The Morgan fingerprint density at radius 2 is 1.81 bits per heavy atom. The highest BCUT2D eigenvalue weighted by Crippen LogP contribution is 2.27. The SMILES string of the molecule is Nc1cccc(C(=O)Nc2cccc3ccc(O)cc23)c1. The van der Waals surface area contributed by atoms with E-state index in [4.69, 9.17) is 5.73 Å². The molecule has 0 bridgehead atoms. The van der Waals surface area contributed by atoms with Gasteiger partial charge in [0.1, 0.15) is 5.75 Å². The first-order valence-electron chi connectivity index (χ1n) is 6.52. The largest absolute Gasteiger partial charge is 0.508 e. The van der Waals surface area contributed by atoms with Crippen molar-refractivity contribution in [2.24, 2.45) is 0 Å². The van der Waals surface area contributed by atoms with E-state index >= 15 is 0 Å². The summed E-state index contributed by atoms with van der Waals surface area (Å²) in [5.41, 5.74) is 7.37. The van der Waals surface area contributed by atoms with Crippen LogP contribution in [0, 0.1) is 0 Å². The molecule has 0 heterocycles. The summed E-state index contributed by atoms with van der Waals surface area (Å²) in [5, 5.41) is 14.2. The van der Waals surface area contributed by atoms with E-state index in [-0.39, 0.29) is 11.7 Å². The maximum Gasteiger partial charge on any atom is 0.255 e. The fourth-order valence-electron chi connectivity index (χ4n) is 2.24. The molecule has 0 fully saturated rings. The topological polar surface area (TPSA) is 75.4 Å². The standard InChI is InChI=1S/C17H14N2O2/c18-13-5-1-4-12(9-13)17(21)19-16-6-2-3-11-7-8-14(20)10-15(11)16/h1-10,20H,18H2,(H,19,21). The van der Waals surface area contributed by atoms with Gasteiger partial charge in [-0.05, 0) is 41.8 Å². The molecule has 0 aromatic heterocycles. The molecule has 0 atom stereocenters. The monoisotopic (exact) mass is 278 g/mol. The van der Waals surface area contributed by atoms with Crippen molar-refractivity contribution in [1.82, 2.24) is 0 Å². The minimum absolute atomic E-state index is 0.160. The van der Waals surface area contributed by atoms with Gasteiger partial charge in [-0.25, -0.2) is 0 Å². The van der Waals surface area contributed by atoms with Crippen LogP contribution in [0.4, 0.5) is 11.4 Å². The minimum atomic E-state index is -0.238. The Kier molecular flexibility index (Phi) is 3.20. The van der Waals surface area contributed by atoms with Crippen LogP contribution < -0.4 is 11.1 Å². The number of nitrogens with one attached hydrogen (secondary N) is 1. The van der Waals surface area contributed by atoms with Crippen LogP contribution in [-0.2, 0) is 0 Å². The lowest BCUT2D eigenvalue weighted by molar-refractivity contribution is 0.102. The Balaban J connectivity index is 1.98. The van der Waals surface area contributed by atoms with E-state index in [0.29, 0.717) is 16.9 Å². The number of anilines is 2. The van der Waals surface area contributed by atoms with Crippen LogP contribution in [0.25, 0.3) is 10.8 Å². The molecule has 0 unspecified atom stereocenters. The highest BCUT2D eigenvalue weighted by molar-refractivity contribution is 6.09. The van der Waals surface area contributed by atoms with E-state index < -0.39 is 0 Å². The van der Waals surface area contributed by atoms with E-state index in [1.54, 1.807) is 48.5 Å². The van der Waals surface area contributed by atoms with E-state index in [2.05, 4.69) is 5.32 Å². The van der Waals surface area contributed by atoms with Gasteiger partial charge in [-0.15, -0.1) is 0 Å². The molecule has 21 heavy (non-hydrogen) atoms. The first-order valence-corrected chi connectivity index (χ1v) is 6.52. The molecule has 0 saturated carbocycles. The van der Waals surface area contributed by atoms with Gasteiger partial charge >= 0.3 is 0 Å². The average Bonchev–Trinajstić information content (AvgIpc) is 2.48. The molecule has 104 valence electrons. The molecule has 0 aliphatic rings. The average molecular weight is 278 g/mol. The number of carbonyl (C=O) groups is 1. The van der Waals surface area contributed by atoms with E-state index in [1.165, 1.54) is 0 Å². The summed E-state index contributed by atoms with van der Waals surface area (Å²) >= 11 is 0. The summed E-state index contributed by atoms with van der Waals surface area (Å²) in [6.45, 7) is 0. The van der Waals surface area contributed by atoms with Gasteiger partial charge in [-0.3, -0.25) is 4.79 Å². The van der Waals surface area contributed by atoms with Gasteiger partial charge in [0.25, 0.3) is 5.91 Å². The summed E-state index contributed by atoms with van der Waals surface area (Å²) in [6, 6.07) is 17.4. The van der Waals surface area contributed by atoms with Gasteiger partial charge in [0, 0.05) is 22.3 Å². The maximum atomic E-state index is 12.3. The zero-order chi connectivity index (χ0) is 14.8. The molecule has 3 rings (SSSR count). The van der Waals surface area contributed by atoms with Gasteiger partial charge in [0.2, 0.25) is 0 Å². The summed E-state index contributed by atoms with van der Waals surface area (Å²) in [7, 11) is 0. The lowest BCUT2D eigenvalue weighted by Crippen LogP contribution is -2.12. The third kappa shape index (κ3) is 2.65. The van der Waals surface area contributed by atoms with E-state index in [9.17, 15) is 9.90 Å². The quantitative estimate of drug-likeness (QED) is 0.629. The van der Waals surface area contributed by atoms with Crippen LogP contribution >= 0.6 is 0 Å². The zero-order valence-corrected chi connectivity index (χ0v) is 11.2. The molecule has 0 aliphatic carbocycles. The van der Waals surface area contributed by atoms with Crippen LogP contribution in [0.15, 0.2) is 60.7 Å². The summed E-state index contributed by atoms with van der Waals surface area (Å²) < 4.78 is 0. The summed E-state index contributed by atoms with van der Waals surface area (Å²) in [6.07, 6.45) is 0. The van der Waals surface area contributed by atoms with Gasteiger partial charge in [0.05, 0.1) is 0 Å². The van der Waals surface area contributed by atoms with Crippen molar-refractivity contribution in [1.29, 1.82) is 0 Å². The number of fused-ring (bicyclic) bond motifs is 1. The van der Waals surface area contributed by atoms with Gasteiger partial charge < -0.3 is 16.2 Å². The Hall–Kier alpha value is -3.01. The van der Waals surface area contributed by atoms with Crippen LogP contribution in [0.1, 0.15) is 10.4 Å². The highest BCUT2D eigenvalue weighted by Gasteiger charge is 2.09. The number of hydrogen-bond donors (Lipinski definition) is 3. The van der Waals surface area contributed by atoms with Crippen molar-refractivity contribution in [3.63, 3.8) is 0 Å². The lowest BCUT2D eigenvalue weighted by Gasteiger charge is -2.09. The Bertz CT molecular complexity index is 828. The number of phenolic OH excluding ortho intramolecular Hbond substituents is 1. The molecule has 3 aromatic rings. The fourth-order valence-corrected chi connectivity index (χ4v) is 2.24. The fraction of sp³-hybridized carbons (Fsp3) is 0. The summed E-state index contributed by atoms with van der Waals surface area (Å²) in [5.74, 6) is -0.0775. The molecule has 0 spiro atoms. The smallest absolute Gasteiger partial charge is 0.255 e. The first-order chi connectivity index (χ1) is 10.1. The molecule has 0 radical (unpaired) electrons. The number of rotatable bonds is 2. The Morgan fingerprint density at radius 3 is 2.62 bits per heavy atom. The van der Waals surface area contributed by atoms with Crippen molar-refractivity contribution in [3.8, 4) is 5.75 Å². The number of amides is 1. The predicted octanol–water partition coefficient (Wildman–Crippen LogP) is 3.38. The number of benzene rings is 3. The molecular weight excluding hydrogens is 264 g/mol. The first kappa shape index (κ1) is 13.0. The number of nitrogen functional groups attached to an aromatic ring is 1. The minimum Gasteiger partial charge on any atom is -0.508 e. The van der Waals surface area contributed by atoms with Crippen LogP contribution in [0.2, 0.25) is 0 Å². The van der Waals surface area contributed by atoms with E-state index in [1.807, 2.05) is 12.1 Å². The zero-order valence-electron chi connectivity index (χ0n) is 11.2. The van der Waals surface area contributed by atoms with Gasteiger partial charge in [0.15, 0.2) is 0 Å². The third-order valence-corrected chi connectivity index (χ3v) is 3.26. The molecular formula is C17H14N2O2. The molecule has 3 aromatic carbocycles. The predicted molar refractivity (Wildman–Crippen MR) is 84.4 cm³/mol. The van der Waals surface area contributed by atoms with Gasteiger partial charge in [-0.2, -0.15) is 0 Å². The van der Waals surface area contributed by atoms with Gasteiger partial charge in [-0.1, -0.05) is 24.3 Å². The Morgan fingerprint density at radius 1 is 1.00 bits per heavy atom. The second-order valence-corrected chi connectivity index (χ2v) is 4.79. The number of carbonyl (C=O) groups excluding carboxylic acids is 1. The molecule has 1 amide bonds. The molecule has 4 N–H and O–H groups in total. The van der Waals surface area contributed by atoms with Crippen LogP contribution in [0.3, 0.4) is 0 Å². The van der Waals surface area contributed by atoms with E-state index in [0.717, 1.165) is 10.8 Å². The Labute approximate surface area is 121 Å². The molecule has 4 nitrogen and oxygen atoms in total. The maximum absolute atomic E-state index is 12.3. The van der Waals surface area contributed by atoms with Crippen molar-refractivity contribution >= 4 is 28.1 Å². The van der Waals surface area contributed by atoms with Crippen molar-refractivity contribution in [3.05, 3.63) is 66.2 Å². The lowest BCUT2D eigenvalue weighted by atomic mass is 10.1. The highest BCUT2D eigenvalue weighted by atomic mass is 16.3. The van der Waals surface area contributed by atoms with Crippen molar-refractivity contribution in [2.75, 3.05) is 11.1 Å². The normalized spacial score (nSPS) is 10.5. The number of hydrogen-bond acceptors (Lipinski definition) is 3.